The van der Waals surface area contributed by atoms with Crippen molar-refractivity contribution in [2.75, 3.05) is 13.6 Å². The molecule has 8 nitrogen and oxygen atoms in total. The summed E-state index contributed by atoms with van der Waals surface area (Å²) in [6.07, 6.45) is 5.44. The number of carbonyl (C=O) groups is 4. The van der Waals surface area contributed by atoms with Crippen molar-refractivity contribution in [1.29, 1.82) is 0 Å². The Morgan fingerprint density at radius 1 is 1.27 bits per heavy atom. The van der Waals surface area contributed by atoms with Crippen LogP contribution in [0.5, 0.6) is 0 Å². The molecule has 1 saturated carbocycles. The van der Waals surface area contributed by atoms with E-state index >= 15 is 0 Å². The number of hydrogen-bond donors (Lipinski definition) is 2. The Bertz CT molecular complexity index is 883. The molecule has 4 rings (SSSR count). The summed E-state index contributed by atoms with van der Waals surface area (Å²) in [6, 6.07) is -0.132. The van der Waals surface area contributed by atoms with Crippen LogP contribution in [0.1, 0.15) is 59.3 Å². The van der Waals surface area contributed by atoms with Gasteiger partial charge in [-0.3, -0.25) is 9.59 Å². The van der Waals surface area contributed by atoms with Crippen molar-refractivity contribution in [1.82, 2.24) is 15.1 Å². The van der Waals surface area contributed by atoms with E-state index in [4.69, 9.17) is 0 Å². The molecule has 0 bridgehead atoms. The van der Waals surface area contributed by atoms with Crippen LogP contribution < -0.4 is 5.32 Å². The SMILES string of the molecule is CC(=O)C[C@H](C)[C@H]1C(=O)N2C(C(=O)O)=C(SC3CNC(C(=O)N(C)C4CCCC4)C3)[C@H](C)[C@@H]12. The molecule has 2 unspecified atom stereocenters. The van der Waals surface area contributed by atoms with Crippen LogP contribution in [0.25, 0.3) is 0 Å². The quantitative estimate of drug-likeness (QED) is 0.516. The van der Waals surface area contributed by atoms with E-state index in [2.05, 4.69) is 5.32 Å². The van der Waals surface area contributed by atoms with Crippen LogP contribution >= 0.6 is 11.8 Å². The van der Waals surface area contributed by atoms with Crippen LogP contribution in [0.3, 0.4) is 0 Å². The summed E-state index contributed by atoms with van der Waals surface area (Å²) < 4.78 is 0. The summed E-state index contributed by atoms with van der Waals surface area (Å²) >= 11 is 1.51. The Morgan fingerprint density at radius 3 is 2.55 bits per heavy atom. The van der Waals surface area contributed by atoms with E-state index in [0.29, 0.717) is 25.4 Å². The number of nitrogens with one attached hydrogen (secondary N) is 1. The number of fused-ring (bicyclic) bond motifs is 1. The lowest BCUT2D eigenvalue weighted by Gasteiger charge is -2.47. The standard InChI is InChI=1S/C24H35N3O5S/c1-12(9-13(2)28)18-19-14(3)21(20(24(31)32)27(19)23(18)30)33-16-10-17(25-11-16)22(29)26(4)15-7-5-6-8-15/h12,14-19,25H,5-11H2,1-4H3,(H,31,32)/t12-,14+,16?,17?,18+,19-/m0/s1. The molecule has 2 N–H and O–H groups in total. The van der Waals surface area contributed by atoms with E-state index in [0.717, 1.165) is 17.7 Å². The molecule has 0 radical (unpaired) electrons. The summed E-state index contributed by atoms with van der Waals surface area (Å²) in [7, 11) is 1.89. The second-order valence-electron chi connectivity index (χ2n) is 10.2. The van der Waals surface area contributed by atoms with Gasteiger partial charge in [-0.2, -0.15) is 0 Å². The molecule has 2 saturated heterocycles. The maximum atomic E-state index is 13.0. The minimum Gasteiger partial charge on any atom is -0.477 e. The monoisotopic (exact) mass is 477 g/mol. The van der Waals surface area contributed by atoms with Crippen LogP contribution in [0.2, 0.25) is 0 Å². The highest BCUT2D eigenvalue weighted by Crippen LogP contribution is 2.53. The number of β-lactam (4-membered cyclic amide) rings is 1. The first kappa shape index (κ1) is 24.3. The molecule has 182 valence electrons. The van der Waals surface area contributed by atoms with Crippen molar-refractivity contribution in [2.45, 2.75) is 82.7 Å². The Morgan fingerprint density at radius 2 is 1.94 bits per heavy atom. The zero-order valence-corrected chi connectivity index (χ0v) is 20.7. The number of carbonyl (C=O) groups excluding carboxylic acids is 3. The Hall–Kier alpha value is -1.87. The molecule has 1 aliphatic carbocycles. The fourth-order valence-electron chi connectivity index (χ4n) is 6.23. The molecule has 0 spiro atoms. The lowest BCUT2D eigenvalue weighted by molar-refractivity contribution is -0.160. The van der Waals surface area contributed by atoms with Gasteiger partial charge in [0, 0.05) is 42.1 Å². The zero-order chi connectivity index (χ0) is 24.0. The third kappa shape index (κ3) is 4.34. The molecule has 0 aromatic rings. The van der Waals surface area contributed by atoms with Crippen molar-refractivity contribution in [3.63, 3.8) is 0 Å². The van der Waals surface area contributed by atoms with Gasteiger partial charge in [-0.05, 0) is 32.1 Å². The summed E-state index contributed by atoms with van der Waals surface area (Å²) in [5, 5.41) is 13.3. The van der Waals surface area contributed by atoms with Gasteiger partial charge in [0.1, 0.15) is 11.5 Å². The molecular weight excluding hydrogens is 442 g/mol. The number of nitrogens with zero attached hydrogens (tertiary/aromatic N) is 2. The number of aliphatic carboxylic acids is 1. The van der Waals surface area contributed by atoms with Crippen LogP contribution in [0, 0.1) is 17.8 Å². The average Bonchev–Trinajstić information content (AvgIpc) is 3.47. The molecule has 2 amide bonds. The predicted molar refractivity (Wildman–Crippen MR) is 125 cm³/mol. The van der Waals surface area contributed by atoms with Gasteiger partial charge in [-0.1, -0.05) is 26.7 Å². The number of Topliss-reactive ketones (excluding diaryl/α,β-unsaturated/α-hetero) is 1. The highest BCUT2D eigenvalue weighted by molar-refractivity contribution is 8.03. The molecule has 3 fully saturated rings. The normalized spacial score (nSPS) is 32.7. The van der Waals surface area contributed by atoms with Gasteiger partial charge in [0.05, 0.1) is 18.0 Å². The number of likely N-dealkylation sites (N-methyl/N-ethyl adjacent to an activating group) is 1. The van der Waals surface area contributed by atoms with Gasteiger partial charge in [0.15, 0.2) is 0 Å². The fourth-order valence-corrected chi connectivity index (χ4v) is 7.70. The number of hydrogen-bond acceptors (Lipinski definition) is 6. The summed E-state index contributed by atoms with van der Waals surface area (Å²) in [5.41, 5.74) is 0.0895. The maximum Gasteiger partial charge on any atom is 0.353 e. The molecule has 6 atom stereocenters. The van der Waals surface area contributed by atoms with Crippen molar-refractivity contribution in [3.05, 3.63) is 10.6 Å². The topological polar surface area (TPSA) is 107 Å². The van der Waals surface area contributed by atoms with Crippen LogP contribution in [0.4, 0.5) is 0 Å². The number of amides is 2. The van der Waals surface area contributed by atoms with Gasteiger partial charge in [0.25, 0.3) is 0 Å². The highest BCUT2D eigenvalue weighted by atomic mass is 32.2. The second-order valence-corrected chi connectivity index (χ2v) is 11.6. The van der Waals surface area contributed by atoms with Crippen LogP contribution in [-0.2, 0) is 19.2 Å². The molecule has 3 aliphatic heterocycles. The van der Waals surface area contributed by atoms with E-state index in [1.54, 1.807) is 0 Å². The minimum atomic E-state index is -1.09. The minimum absolute atomic E-state index is 0.0377. The molecule has 33 heavy (non-hydrogen) atoms. The first-order valence-corrected chi connectivity index (χ1v) is 13.0. The number of carboxylic acid groups (broad SMARTS) is 1. The van der Waals surface area contributed by atoms with Gasteiger partial charge >= 0.3 is 5.97 Å². The maximum absolute atomic E-state index is 13.0. The first-order valence-electron chi connectivity index (χ1n) is 12.1. The first-order chi connectivity index (χ1) is 15.6. The summed E-state index contributed by atoms with van der Waals surface area (Å²) in [5.74, 6) is -1.66. The molecular formula is C24H35N3O5S. The molecule has 9 heteroatoms. The second kappa shape index (κ2) is 9.41. The van der Waals surface area contributed by atoms with E-state index in [9.17, 15) is 24.3 Å². The summed E-state index contributed by atoms with van der Waals surface area (Å²) in [4.78, 5) is 53.7. The molecule has 0 aromatic carbocycles. The van der Waals surface area contributed by atoms with E-state index in [1.165, 1.54) is 36.4 Å². The largest absolute Gasteiger partial charge is 0.477 e. The number of ketones is 1. The van der Waals surface area contributed by atoms with Gasteiger partial charge in [-0.25, -0.2) is 4.79 Å². The third-order valence-electron chi connectivity index (χ3n) is 7.92. The van der Waals surface area contributed by atoms with Crippen LogP contribution in [0.15, 0.2) is 10.6 Å². The zero-order valence-electron chi connectivity index (χ0n) is 19.9. The van der Waals surface area contributed by atoms with Crippen LogP contribution in [-0.4, -0.2) is 75.4 Å². The van der Waals surface area contributed by atoms with Crippen molar-refractivity contribution in [3.8, 4) is 0 Å². The number of carboxylic acids is 1. The lowest BCUT2D eigenvalue weighted by Crippen LogP contribution is -2.62. The molecule has 0 aromatic heterocycles. The van der Waals surface area contributed by atoms with E-state index < -0.39 is 5.97 Å². The third-order valence-corrected chi connectivity index (χ3v) is 9.43. The van der Waals surface area contributed by atoms with Crippen molar-refractivity contribution in [2.24, 2.45) is 17.8 Å². The van der Waals surface area contributed by atoms with Crippen molar-refractivity contribution < 1.29 is 24.3 Å². The van der Waals surface area contributed by atoms with Gasteiger partial charge in [0.2, 0.25) is 11.8 Å². The lowest BCUT2D eigenvalue weighted by atomic mass is 9.73. The average molecular weight is 478 g/mol. The number of rotatable bonds is 8. The number of thioether (sulfide) groups is 1. The van der Waals surface area contributed by atoms with Gasteiger partial charge in [-0.15, -0.1) is 11.8 Å². The van der Waals surface area contributed by atoms with Crippen molar-refractivity contribution >= 4 is 35.3 Å². The summed E-state index contributed by atoms with van der Waals surface area (Å²) in [6.45, 7) is 6.03. The smallest absolute Gasteiger partial charge is 0.353 e. The van der Waals surface area contributed by atoms with Gasteiger partial charge < -0.3 is 25.0 Å². The Balaban J connectivity index is 1.44. The van der Waals surface area contributed by atoms with E-state index in [1.807, 2.05) is 25.8 Å². The Labute approximate surface area is 199 Å². The molecule has 3 heterocycles. The predicted octanol–water partition coefficient (Wildman–Crippen LogP) is 2.24. The fraction of sp³-hybridized carbons (Fsp3) is 0.750. The Kier molecular flexibility index (Phi) is 6.92. The molecule has 4 aliphatic rings. The van der Waals surface area contributed by atoms with E-state index in [-0.39, 0.29) is 58.4 Å². The highest BCUT2D eigenvalue weighted by Gasteiger charge is 2.60.